The highest BCUT2D eigenvalue weighted by atomic mass is 16.2. The molecule has 5 nitrogen and oxygen atoms in total. The summed E-state index contributed by atoms with van der Waals surface area (Å²) in [4.78, 5) is 19.2. The molecule has 1 saturated heterocycles. The largest absolute Gasteiger partial charge is 0.338 e. The summed E-state index contributed by atoms with van der Waals surface area (Å²) < 4.78 is 2.09. The number of piperidine rings is 1. The molecule has 0 aliphatic carbocycles. The average molecular weight is 340 g/mol. The molecule has 1 fully saturated rings. The molecule has 1 aliphatic heterocycles. The second-order valence-electron chi connectivity index (χ2n) is 7.27. The lowest BCUT2D eigenvalue weighted by Crippen LogP contribution is -2.41. The summed E-state index contributed by atoms with van der Waals surface area (Å²) in [6, 6.07) is 6.15. The first kappa shape index (κ1) is 17.7. The number of aromatic nitrogens is 2. The van der Waals surface area contributed by atoms with Crippen LogP contribution in [0.1, 0.15) is 29.8 Å². The summed E-state index contributed by atoms with van der Waals surface area (Å²) >= 11 is 0. The Kier molecular flexibility index (Phi) is 5.53. The molecular formula is C20H28N4O. The van der Waals surface area contributed by atoms with Gasteiger partial charge in [0.1, 0.15) is 5.82 Å². The van der Waals surface area contributed by atoms with Crippen LogP contribution >= 0.6 is 0 Å². The minimum absolute atomic E-state index is 0.0753. The van der Waals surface area contributed by atoms with Crippen molar-refractivity contribution in [3.8, 4) is 0 Å². The van der Waals surface area contributed by atoms with Crippen molar-refractivity contribution in [3.63, 3.8) is 0 Å². The maximum absolute atomic E-state index is 12.5. The van der Waals surface area contributed by atoms with E-state index in [4.69, 9.17) is 0 Å². The number of carbonyl (C=O) groups is 1. The van der Waals surface area contributed by atoms with Crippen LogP contribution in [0.5, 0.6) is 0 Å². The van der Waals surface area contributed by atoms with Gasteiger partial charge < -0.3 is 9.88 Å². The summed E-state index contributed by atoms with van der Waals surface area (Å²) in [5.74, 6) is 1.78. The fourth-order valence-corrected chi connectivity index (χ4v) is 3.58. The third kappa shape index (κ3) is 4.69. The van der Waals surface area contributed by atoms with Gasteiger partial charge in [-0.05, 0) is 56.3 Å². The van der Waals surface area contributed by atoms with Gasteiger partial charge in [0.25, 0.3) is 0 Å². The van der Waals surface area contributed by atoms with E-state index in [2.05, 4.69) is 31.9 Å². The molecule has 0 spiro atoms. The molecule has 2 heterocycles. The summed E-state index contributed by atoms with van der Waals surface area (Å²) in [5, 5.41) is 3.07. The standard InChI is InChI=1S/C20H28N4O/c1-15-6-7-16(2)18(11-15)22-20(25)14-24-9-4-5-17(13-24)12-19-21-8-10-23(19)3/h6-8,10-11,17H,4-5,9,12-14H2,1-3H3,(H,22,25). The third-order valence-electron chi connectivity index (χ3n) is 5.03. The number of benzene rings is 1. The summed E-state index contributed by atoms with van der Waals surface area (Å²) in [6.07, 6.45) is 7.19. The van der Waals surface area contributed by atoms with Crippen LogP contribution in [0, 0.1) is 19.8 Å². The highest BCUT2D eigenvalue weighted by molar-refractivity contribution is 5.93. The summed E-state index contributed by atoms with van der Waals surface area (Å²) in [5.41, 5.74) is 3.19. The smallest absolute Gasteiger partial charge is 0.238 e. The van der Waals surface area contributed by atoms with Gasteiger partial charge in [0.05, 0.1) is 6.54 Å². The zero-order valence-corrected chi connectivity index (χ0v) is 15.5. The Bertz CT molecular complexity index is 737. The molecule has 5 heteroatoms. The molecule has 0 saturated carbocycles. The van der Waals surface area contributed by atoms with E-state index in [1.165, 1.54) is 6.42 Å². The van der Waals surface area contributed by atoms with Crippen LogP contribution in [0.4, 0.5) is 5.69 Å². The van der Waals surface area contributed by atoms with Crippen molar-refractivity contribution >= 4 is 11.6 Å². The van der Waals surface area contributed by atoms with Crippen LogP contribution in [0.25, 0.3) is 0 Å². The number of amides is 1. The molecule has 2 aromatic rings. The fourth-order valence-electron chi connectivity index (χ4n) is 3.58. The highest BCUT2D eigenvalue weighted by Crippen LogP contribution is 2.21. The van der Waals surface area contributed by atoms with Gasteiger partial charge in [-0.1, -0.05) is 12.1 Å². The molecule has 0 radical (unpaired) electrons. The number of aryl methyl sites for hydroxylation is 3. The van der Waals surface area contributed by atoms with Gasteiger partial charge >= 0.3 is 0 Å². The van der Waals surface area contributed by atoms with Crippen molar-refractivity contribution in [1.29, 1.82) is 0 Å². The van der Waals surface area contributed by atoms with E-state index in [9.17, 15) is 4.79 Å². The molecule has 0 bridgehead atoms. The van der Waals surface area contributed by atoms with Gasteiger partial charge in [0, 0.05) is 38.1 Å². The normalized spacial score (nSPS) is 18.3. The third-order valence-corrected chi connectivity index (χ3v) is 5.03. The van der Waals surface area contributed by atoms with Crippen LogP contribution < -0.4 is 5.32 Å². The molecular weight excluding hydrogens is 312 g/mol. The lowest BCUT2D eigenvalue weighted by molar-refractivity contribution is -0.117. The van der Waals surface area contributed by atoms with E-state index >= 15 is 0 Å². The number of rotatable bonds is 5. The van der Waals surface area contributed by atoms with Gasteiger partial charge in [-0.2, -0.15) is 0 Å². The maximum atomic E-state index is 12.5. The van der Waals surface area contributed by atoms with E-state index in [-0.39, 0.29) is 5.91 Å². The molecule has 1 N–H and O–H groups in total. The minimum atomic E-state index is 0.0753. The van der Waals surface area contributed by atoms with Gasteiger partial charge in [-0.3, -0.25) is 9.69 Å². The van der Waals surface area contributed by atoms with Gasteiger partial charge in [0.15, 0.2) is 0 Å². The Balaban J connectivity index is 1.54. The highest BCUT2D eigenvalue weighted by Gasteiger charge is 2.23. The Morgan fingerprint density at radius 1 is 1.36 bits per heavy atom. The Hall–Kier alpha value is -2.14. The van der Waals surface area contributed by atoms with E-state index in [0.717, 1.165) is 48.6 Å². The van der Waals surface area contributed by atoms with Crippen molar-refractivity contribution < 1.29 is 4.79 Å². The lowest BCUT2D eigenvalue weighted by atomic mass is 9.94. The Morgan fingerprint density at radius 2 is 2.20 bits per heavy atom. The number of imidazole rings is 1. The maximum Gasteiger partial charge on any atom is 0.238 e. The van der Waals surface area contributed by atoms with Gasteiger partial charge in [-0.15, -0.1) is 0 Å². The first-order chi connectivity index (χ1) is 12.0. The zero-order chi connectivity index (χ0) is 17.8. The van der Waals surface area contributed by atoms with E-state index in [0.29, 0.717) is 12.5 Å². The molecule has 25 heavy (non-hydrogen) atoms. The molecule has 1 aromatic heterocycles. The number of hydrogen-bond acceptors (Lipinski definition) is 3. The molecule has 134 valence electrons. The minimum Gasteiger partial charge on any atom is -0.338 e. The van der Waals surface area contributed by atoms with E-state index in [1.807, 2.05) is 39.4 Å². The van der Waals surface area contributed by atoms with Crippen LogP contribution in [0.3, 0.4) is 0 Å². The second kappa shape index (κ2) is 7.83. The van der Waals surface area contributed by atoms with Crippen molar-refractivity contribution in [2.24, 2.45) is 13.0 Å². The predicted molar refractivity (Wildman–Crippen MR) is 101 cm³/mol. The zero-order valence-electron chi connectivity index (χ0n) is 15.5. The quantitative estimate of drug-likeness (QED) is 0.910. The lowest BCUT2D eigenvalue weighted by Gasteiger charge is -2.32. The number of likely N-dealkylation sites (tertiary alicyclic amines) is 1. The molecule has 1 aliphatic rings. The number of nitrogens with zero attached hydrogens (tertiary/aromatic N) is 3. The van der Waals surface area contributed by atoms with Crippen LogP contribution in [0.2, 0.25) is 0 Å². The van der Waals surface area contributed by atoms with Crippen molar-refractivity contribution in [3.05, 3.63) is 47.5 Å². The summed E-state index contributed by atoms with van der Waals surface area (Å²) in [6.45, 7) is 6.50. The first-order valence-corrected chi connectivity index (χ1v) is 9.07. The van der Waals surface area contributed by atoms with E-state index in [1.54, 1.807) is 0 Å². The fraction of sp³-hybridized carbons (Fsp3) is 0.500. The molecule has 3 rings (SSSR count). The monoisotopic (exact) mass is 340 g/mol. The Labute approximate surface area is 150 Å². The first-order valence-electron chi connectivity index (χ1n) is 9.07. The van der Waals surface area contributed by atoms with Crippen LogP contribution in [-0.2, 0) is 18.3 Å². The average Bonchev–Trinajstić information content (AvgIpc) is 2.96. The van der Waals surface area contributed by atoms with Crippen LogP contribution in [0.15, 0.2) is 30.6 Å². The number of hydrogen-bond donors (Lipinski definition) is 1. The van der Waals surface area contributed by atoms with Crippen LogP contribution in [-0.4, -0.2) is 40.0 Å². The Morgan fingerprint density at radius 3 is 2.96 bits per heavy atom. The SMILES string of the molecule is Cc1ccc(C)c(NC(=O)CN2CCCC(Cc3nccn3C)C2)c1. The molecule has 1 unspecified atom stereocenters. The second-order valence-corrected chi connectivity index (χ2v) is 7.27. The summed E-state index contributed by atoms with van der Waals surface area (Å²) in [7, 11) is 2.04. The van der Waals surface area contributed by atoms with Gasteiger partial charge in [0.2, 0.25) is 5.91 Å². The van der Waals surface area contributed by atoms with Gasteiger partial charge in [-0.25, -0.2) is 4.98 Å². The predicted octanol–water partition coefficient (Wildman–Crippen LogP) is 2.93. The molecule has 1 atom stereocenters. The number of carbonyl (C=O) groups excluding carboxylic acids is 1. The van der Waals surface area contributed by atoms with E-state index < -0.39 is 0 Å². The molecule has 1 amide bonds. The number of anilines is 1. The topological polar surface area (TPSA) is 50.2 Å². The van der Waals surface area contributed by atoms with Crippen molar-refractivity contribution in [1.82, 2.24) is 14.5 Å². The van der Waals surface area contributed by atoms with Crippen molar-refractivity contribution in [2.45, 2.75) is 33.1 Å². The molecule has 1 aromatic carbocycles. The van der Waals surface area contributed by atoms with Crippen molar-refractivity contribution in [2.75, 3.05) is 25.0 Å². The number of nitrogens with one attached hydrogen (secondary N) is 1.